The summed E-state index contributed by atoms with van der Waals surface area (Å²) in [7, 11) is 1.64. The van der Waals surface area contributed by atoms with Crippen LogP contribution in [0.25, 0.3) is 0 Å². The van der Waals surface area contributed by atoms with Gasteiger partial charge in [-0.2, -0.15) is 4.99 Å². The van der Waals surface area contributed by atoms with Gasteiger partial charge in [0.1, 0.15) is 11.3 Å². The number of methoxy groups -OCH3 is 1. The topological polar surface area (TPSA) is 38.7 Å². The van der Waals surface area contributed by atoms with Crippen LogP contribution in [0.3, 0.4) is 0 Å². The Bertz CT molecular complexity index is 587. The van der Waals surface area contributed by atoms with Gasteiger partial charge in [0, 0.05) is 5.56 Å². The third-order valence-corrected chi connectivity index (χ3v) is 5.08. The Balaban J connectivity index is 2.19. The molecule has 0 N–H and O–H groups in total. The Morgan fingerprint density at radius 3 is 2.65 bits per heavy atom. The summed E-state index contributed by atoms with van der Waals surface area (Å²) in [5.74, 6) is 0.700. The number of hydrogen-bond donors (Lipinski definition) is 0. The van der Waals surface area contributed by atoms with Gasteiger partial charge in [0.2, 0.25) is 6.08 Å². The van der Waals surface area contributed by atoms with Crippen LogP contribution in [0.5, 0.6) is 5.75 Å². The predicted molar refractivity (Wildman–Crippen MR) is 78.3 cm³/mol. The molecular weight excluding hydrogens is 274 g/mol. The van der Waals surface area contributed by atoms with Crippen LogP contribution in [0.4, 0.5) is 0 Å². The minimum atomic E-state index is -0.455. The van der Waals surface area contributed by atoms with Gasteiger partial charge in [0.25, 0.3) is 0 Å². The van der Waals surface area contributed by atoms with E-state index < -0.39 is 5.54 Å². The molecule has 3 rings (SSSR count). The summed E-state index contributed by atoms with van der Waals surface area (Å²) in [5, 5.41) is 0.715. The fraction of sp³-hybridized carbons (Fsp3) is 0.562. The molecule has 4 heteroatoms. The van der Waals surface area contributed by atoms with Crippen molar-refractivity contribution < 1.29 is 9.53 Å². The Labute approximate surface area is 124 Å². The Kier molecular flexibility index (Phi) is 3.57. The van der Waals surface area contributed by atoms with E-state index >= 15 is 0 Å². The third kappa shape index (κ3) is 1.97. The molecule has 0 amide bonds. The number of halogens is 1. The lowest BCUT2D eigenvalue weighted by atomic mass is 9.71. The van der Waals surface area contributed by atoms with Crippen molar-refractivity contribution in [2.45, 2.75) is 50.5 Å². The molecule has 1 saturated carbocycles. The zero-order chi connectivity index (χ0) is 14.2. The van der Waals surface area contributed by atoms with Gasteiger partial charge in [-0.15, -0.1) is 0 Å². The SMILES string of the molecule is COc1c(C2(N=C=O)CCC2)cc2c(c1Cl)CCCC2. The average molecular weight is 292 g/mol. The Hall–Kier alpha value is -1.31. The second-order valence-corrected chi connectivity index (χ2v) is 6.08. The molecule has 1 aromatic rings. The summed E-state index contributed by atoms with van der Waals surface area (Å²) in [6, 6.07) is 2.17. The van der Waals surface area contributed by atoms with Gasteiger partial charge in [-0.3, -0.25) is 0 Å². The second-order valence-electron chi connectivity index (χ2n) is 5.70. The lowest BCUT2D eigenvalue weighted by Gasteiger charge is -2.39. The number of nitrogens with zero attached hydrogens (tertiary/aromatic N) is 1. The van der Waals surface area contributed by atoms with E-state index in [-0.39, 0.29) is 0 Å². The van der Waals surface area contributed by atoms with E-state index in [0.717, 1.165) is 37.7 Å². The van der Waals surface area contributed by atoms with E-state index in [4.69, 9.17) is 16.3 Å². The first-order valence-electron chi connectivity index (χ1n) is 7.19. The van der Waals surface area contributed by atoms with Crippen molar-refractivity contribution >= 4 is 17.7 Å². The molecule has 106 valence electrons. The zero-order valence-electron chi connectivity index (χ0n) is 11.7. The Morgan fingerprint density at radius 1 is 1.30 bits per heavy atom. The van der Waals surface area contributed by atoms with Gasteiger partial charge in [-0.1, -0.05) is 11.6 Å². The highest BCUT2D eigenvalue weighted by Crippen LogP contribution is 2.51. The minimum Gasteiger partial charge on any atom is -0.495 e. The van der Waals surface area contributed by atoms with Crippen molar-refractivity contribution in [3.63, 3.8) is 0 Å². The predicted octanol–water partition coefficient (Wildman–Crippen LogP) is 3.94. The lowest BCUT2D eigenvalue weighted by molar-refractivity contribution is 0.245. The smallest absolute Gasteiger partial charge is 0.235 e. The van der Waals surface area contributed by atoms with E-state index in [9.17, 15) is 4.79 Å². The molecule has 0 bridgehead atoms. The standard InChI is InChI=1S/C16H18ClNO2/c1-20-15-13(16(18-10-19)7-4-8-16)9-11-5-2-3-6-12(11)14(15)17/h9H,2-8H2,1H3. The molecule has 2 aliphatic rings. The number of carbonyl (C=O) groups excluding carboxylic acids is 1. The minimum absolute atomic E-state index is 0.455. The molecule has 3 nitrogen and oxygen atoms in total. The largest absolute Gasteiger partial charge is 0.495 e. The molecule has 0 aliphatic heterocycles. The first-order chi connectivity index (χ1) is 9.72. The summed E-state index contributed by atoms with van der Waals surface area (Å²) in [6.45, 7) is 0. The fourth-order valence-electron chi connectivity index (χ4n) is 3.42. The summed E-state index contributed by atoms with van der Waals surface area (Å²) in [4.78, 5) is 14.9. The number of benzene rings is 1. The first-order valence-corrected chi connectivity index (χ1v) is 7.57. The van der Waals surface area contributed by atoms with Crippen LogP contribution < -0.4 is 4.74 Å². The quantitative estimate of drug-likeness (QED) is 0.625. The molecule has 0 aromatic heterocycles. The summed E-state index contributed by atoms with van der Waals surface area (Å²) in [5.41, 5.74) is 3.02. The third-order valence-electron chi connectivity index (χ3n) is 4.68. The molecule has 0 unspecified atom stereocenters. The highest BCUT2D eigenvalue weighted by molar-refractivity contribution is 6.33. The monoisotopic (exact) mass is 291 g/mol. The maximum Gasteiger partial charge on any atom is 0.235 e. The van der Waals surface area contributed by atoms with Crippen LogP contribution in [0.1, 0.15) is 48.8 Å². The number of aryl methyl sites for hydroxylation is 1. The van der Waals surface area contributed by atoms with Crippen molar-refractivity contribution in [3.05, 3.63) is 27.8 Å². The first kappa shape index (κ1) is 13.7. The van der Waals surface area contributed by atoms with Gasteiger partial charge in [0.15, 0.2) is 0 Å². The Morgan fingerprint density at radius 2 is 2.05 bits per heavy atom. The highest BCUT2D eigenvalue weighted by atomic mass is 35.5. The van der Waals surface area contributed by atoms with Crippen LogP contribution >= 0.6 is 11.6 Å². The van der Waals surface area contributed by atoms with Crippen LogP contribution in [0.15, 0.2) is 11.1 Å². The molecule has 0 saturated heterocycles. The highest BCUT2D eigenvalue weighted by Gasteiger charge is 2.42. The molecule has 0 heterocycles. The molecular formula is C16H18ClNO2. The van der Waals surface area contributed by atoms with Gasteiger partial charge in [0.05, 0.1) is 12.1 Å². The average Bonchev–Trinajstić information content (AvgIpc) is 2.43. The van der Waals surface area contributed by atoms with Crippen LogP contribution in [0, 0.1) is 0 Å². The van der Waals surface area contributed by atoms with Crippen molar-refractivity contribution in [3.8, 4) is 5.75 Å². The van der Waals surface area contributed by atoms with Crippen LogP contribution in [-0.2, 0) is 23.2 Å². The fourth-order valence-corrected chi connectivity index (χ4v) is 3.81. The van der Waals surface area contributed by atoms with E-state index in [0.29, 0.717) is 10.8 Å². The van der Waals surface area contributed by atoms with Crippen LogP contribution in [-0.4, -0.2) is 13.2 Å². The van der Waals surface area contributed by atoms with Crippen molar-refractivity contribution in [1.82, 2.24) is 0 Å². The van der Waals surface area contributed by atoms with E-state index in [2.05, 4.69) is 11.1 Å². The molecule has 1 aromatic carbocycles. The number of aliphatic imine (C=N–C) groups is 1. The molecule has 0 spiro atoms. The van der Waals surface area contributed by atoms with Crippen molar-refractivity contribution in [2.75, 3.05) is 7.11 Å². The summed E-state index contributed by atoms with van der Waals surface area (Å²) >= 11 is 6.55. The van der Waals surface area contributed by atoms with E-state index in [1.54, 1.807) is 13.2 Å². The van der Waals surface area contributed by atoms with Crippen LogP contribution in [0.2, 0.25) is 5.02 Å². The number of ether oxygens (including phenoxy) is 1. The maximum absolute atomic E-state index is 10.8. The number of hydrogen-bond acceptors (Lipinski definition) is 3. The number of fused-ring (bicyclic) bond motifs is 1. The van der Waals surface area contributed by atoms with Crippen molar-refractivity contribution in [1.29, 1.82) is 0 Å². The molecule has 2 aliphatic carbocycles. The lowest BCUT2D eigenvalue weighted by Crippen LogP contribution is -2.33. The second kappa shape index (κ2) is 5.23. The van der Waals surface area contributed by atoms with Gasteiger partial charge >= 0.3 is 0 Å². The number of rotatable bonds is 3. The normalized spacial score (nSPS) is 19.5. The molecule has 0 atom stereocenters. The van der Waals surface area contributed by atoms with Gasteiger partial charge < -0.3 is 4.74 Å². The van der Waals surface area contributed by atoms with E-state index in [1.807, 2.05) is 0 Å². The summed E-state index contributed by atoms with van der Waals surface area (Å²) < 4.78 is 5.55. The van der Waals surface area contributed by atoms with Gasteiger partial charge in [-0.05, 0) is 62.1 Å². The zero-order valence-corrected chi connectivity index (χ0v) is 12.4. The number of isocyanates is 1. The van der Waals surface area contributed by atoms with E-state index in [1.165, 1.54) is 24.0 Å². The summed E-state index contributed by atoms with van der Waals surface area (Å²) in [6.07, 6.45) is 8.97. The molecule has 20 heavy (non-hydrogen) atoms. The van der Waals surface area contributed by atoms with Crippen molar-refractivity contribution in [2.24, 2.45) is 4.99 Å². The molecule has 1 fully saturated rings. The molecule has 0 radical (unpaired) electrons. The maximum atomic E-state index is 10.8. The van der Waals surface area contributed by atoms with Gasteiger partial charge in [-0.25, -0.2) is 4.79 Å².